The summed E-state index contributed by atoms with van der Waals surface area (Å²) in [6.07, 6.45) is 0.321. The third-order valence-corrected chi connectivity index (χ3v) is 6.97. The van der Waals surface area contributed by atoms with E-state index in [-0.39, 0.29) is 29.2 Å². The lowest BCUT2D eigenvalue weighted by Gasteiger charge is -2.39. The maximum atomic E-state index is 13.5. The molecule has 1 aliphatic carbocycles. The van der Waals surface area contributed by atoms with Gasteiger partial charge in [0.2, 0.25) is 5.95 Å². The summed E-state index contributed by atoms with van der Waals surface area (Å²) in [7, 11) is 0. The Morgan fingerprint density at radius 2 is 2.17 bits per heavy atom. The number of hydrogen-bond acceptors (Lipinski definition) is 6. The van der Waals surface area contributed by atoms with E-state index in [0.717, 1.165) is 18.1 Å². The molecule has 5 rings (SSSR count). The van der Waals surface area contributed by atoms with E-state index in [9.17, 15) is 18.4 Å². The van der Waals surface area contributed by atoms with Crippen molar-refractivity contribution in [1.82, 2.24) is 15.0 Å². The first-order valence-electron chi connectivity index (χ1n) is 10.1. The van der Waals surface area contributed by atoms with Gasteiger partial charge in [-0.05, 0) is 36.8 Å². The number of halogens is 3. The molecule has 0 bridgehead atoms. The highest BCUT2D eigenvalue weighted by molar-refractivity contribution is 5.54. The molecular weight excluding hydrogens is 393 g/mol. The van der Waals surface area contributed by atoms with Gasteiger partial charge in [0, 0.05) is 56.0 Å². The van der Waals surface area contributed by atoms with Gasteiger partial charge in [0.15, 0.2) is 5.69 Å². The Balaban J connectivity index is 1.50. The van der Waals surface area contributed by atoms with Crippen LogP contribution in [0.4, 0.5) is 24.9 Å². The van der Waals surface area contributed by atoms with E-state index in [2.05, 4.69) is 21.0 Å². The van der Waals surface area contributed by atoms with Crippen molar-refractivity contribution in [2.45, 2.75) is 37.4 Å². The third-order valence-electron chi connectivity index (χ3n) is 6.97. The summed E-state index contributed by atoms with van der Waals surface area (Å²) in [4.78, 5) is 16.3. The van der Waals surface area contributed by atoms with Crippen LogP contribution in [0.15, 0.2) is 30.6 Å². The zero-order chi connectivity index (χ0) is 21.1. The number of pyridine rings is 1. The van der Waals surface area contributed by atoms with Gasteiger partial charge in [-0.1, -0.05) is 6.07 Å². The Morgan fingerprint density at radius 3 is 2.77 bits per heavy atom. The molecule has 0 aromatic carbocycles. The van der Waals surface area contributed by atoms with E-state index in [1.165, 1.54) is 0 Å². The first-order chi connectivity index (χ1) is 14.3. The Kier molecular flexibility index (Phi) is 4.17. The van der Waals surface area contributed by atoms with E-state index in [1.54, 1.807) is 6.20 Å². The van der Waals surface area contributed by atoms with E-state index in [4.69, 9.17) is 0 Å². The molecule has 4 heterocycles. The van der Waals surface area contributed by atoms with Gasteiger partial charge in [-0.25, -0.2) is 4.98 Å². The molecule has 0 amide bonds. The Bertz CT molecular complexity index is 1000. The molecule has 4 atom stereocenters. The fourth-order valence-electron chi connectivity index (χ4n) is 5.17. The number of piperidine rings is 1. The van der Waals surface area contributed by atoms with Crippen LogP contribution in [0.5, 0.6) is 0 Å². The normalized spacial score (nSPS) is 29.9. The minimum absolute atomic E-state index is 0.134. The van der Waals surface area contributed by atoms with Gasteiger partial charge in [0.1, 0.15) is 5.82 Å². The molecule has 0 N–H and O–H groups in total. The molecule has 30 heavy (non-hydrogen) atoms. The monoisotopic (exact) mass is 414 g/mol. The second-order valence-corrected chi connectivity index (χ2v) is 8.48. The molecule has 2 aromatic rings. The van der Waals surface area contributed by atoms with Crippen LogP contribution in [0, 0.1) is 23.2 Å². The quantitative estimate of drug-likeness (QED) is 0.764. The second-order valence-electron chi connectivity index (χ2n) is 8.48. The maximum Gasteiger partial charge on any atom is 0.433 e. The predicted octanol–water partition coefficient (Wildman–Crippen LogP) is 3.41. The molecule has 0 radical (unpaired) electrons. The van der Waals surface area contributed by atoms with E-state index >= 15 is 0 Å². The van der Waals surface area contributed by atoms with Crippen molar-refractivity contribution < 1.29 is 13.2 Å². The molecule has 156 valence electrons. The van der Waals surface area contributed by atoms with Crippen LogP contribution in [0.1, 0.15) is 31.0 Å². The van der Waals surface area contributed by atoms with Crippen LogP contribution < -0.4 is 9.80 Å². The summed E-state index contributed by atoms with van der Waals surface area (Å²) >= 11 is 0. The van der Waals surface area contributed by atoms with Gasteiger partial charge in [0.05, 0.1) is 6.07 Å². The topological polar surface area (TPSA) is 68.9 Å². The van der Waals surface area contributed by atoms with Crippen molar-refractivity contribution in [2.75, 3.05) is 29.4 Å². The average molecular weight is 414 g/mol. The van der Waals surface area contributed by atoms with Crippen LogP contribution in [-0.4, -0.2) is 40.6 Å². The summed E-state index contributed by atoms with van der Waals surface area (Å²) in [5.41, 5.74) is -0.122. The first kappa shape index (κ1) is 19.1. The predicted molar refractivity (Wildman–Crippen MR) is 104 cm³/mol. The van der Waals surface area contributed by atoms with E-state index in [0.29, 0.717) is 31.9 Å². The van der Waals surface area contributed by atoms with E-state index in [1.807, 2.05) is 35.1 Å². The highest BCUT2D eigenvalue weighted by atomic mass is 19.4. The number of alkyl halides is 3. The lowest BCUT2D eigenvalue weighted by atomic mass is 9.93. The molecule has 0 spiro atoms. The van der Waals surface area contributed by atoms with Gasteiger partial charge in [-0.3, -0.25) is 4.98 Å². The van der Waals surface area contributed by atoms with Crippen LogP contribution in [0.3, 0.4) is 0 Å². The number of rotatable bonds is 4. The average Bonchev–Trinajstić information content (AvgIpc) is 3.12. The van der Waals surface area contributed by atoms with Crippen molar-refractivity contribution in [3.63, 3.8) is 0 Å². The zero-order valence-corrected chi connectivity index (χ0v) is 16.5. The summed E-state index contributed by atoms with van der Waals surface area (Å²) in [5, 5.41) is 9.23. The second kappa shape index (κ2) is 6.56. The zero-order valence-electron chi connectivity index (χ0n) is 16.5. The molecular formula is C21H21F3N6. The summed E-state index contributed by atoms with van der Waals surface area (Å²) in [6, 6.07) is 7.30. The minimum atomic E-state index is -4.53. The highest BCUT2D eigenvalue weighted by Crippen LogP contribution is 2.65. The fourth-order valence-corrected chi connectivity index (χ4v) is 5.17. The van der Waals surface area contributed by atoms with Crippen molar-refractivity contribution >= 4 is 11.8 Å². The molecule has 2 aromatic heterocycles. The number of nitrogens with zero attached hydrogens (tertiary/aromatic N) is 6. The smallest absolute Gasteiger partial charge is 0.355 e. The van der Waals surface area contributed by atoms with Gasteiger partial charge in [0.25, 0.3) is 0 Å². The Morgan fingerprint density at radius 1 is 1.33 bits per heavy atom. The number of hydrogen-bond donors (Lipinski definition) is 0. The van der Waals surface area contributed by atoms with Gasteiger partial charge >= 0.3 is 6.18 Å². The van der Waals surface area contributed by atoms with Crippen molar-refractivity contribution in [3.05, 3.63) is 41.9 Å². The number of nitriles is 1. The Labute approximate surface area is 172 Å². The molecule has 9 heteroatoms. The van der Waals surface area contributed by atoms with Crippen molar-refractivity contribution in [1.29, 1.82) is 5.26 Å². The lowest BCUT2D eigenvalue weighted by Crippen LogP contribution is -2.47. The number of aromatic nitrogens is 3. The van der Waals surface area contributed by atoms with E-state index < -0.39 is 11.9 Å². The highest BCUT2D eigenvalue weighted by Gasteiger charge is 2.69. The van der Waals surface area contributed by atoms with Gasteiger partial charge in [-0.2, -0.15) is 23.4 Å². The van der Waals surface area contributed by atoms with Gasteiger partial charge in [-0.15, -0.1) is 0 Å². The maximum absolute atomic E-state index is 13.5. The molecule has 3 unspecified atom stereocenters. The fraction of sp³-hybridized carbons (Fsp3) is 0.524. The molecule has 6 nitrogen and oxygen atoms in total. The van der Waals surface area contributed by atoms with Crippen molar-refractivity contribution in [3.8, 4) is 6.07 Å². The standard InChI is InChI=1S/C21H21F3N6/c1-13-5-8-30(13)19-27-17(21(22,23)24)9-18(28-19)29-11-16-15(4-6-25)20(16,12-29)14-3-2-7-26-10-14/h2-3,7,9-10,13,15-16H,4-5,8,11-12H2,1H3/t13-,15?,16?,20?/m0/s1. The van der Waals surface area contributed by atoms with Crippen LogP contribution >= 0.6 is 0 Å². The van der Waals surface area contributed by atoms with Crippen LogP contribution in [0.2, 0.25) is 0 Å². The first-order valence-corrected chi connectivity index (χ1v) is 10.1. The van der Waals surface area contributed by atoms with Crippen molar-refractivity contribution in [2.24, 2.45) is 11.8 Å². The molecule has 3 fully saturated rings. The molecule has 1 saturated carbocycles. The third kappa shape index (κ3) is 2.81. The largest absolute Gasteiger partial charge is 0.433 e. The van der Waals surface area contributed by atoms with Gasteiger partial charge < -0.3 is 9.80 Å². The summed E-state index contributed by atoms with van der Waals surface area (Å²) < 4.78 is 40.6. The molecule has 2 saturated heterocycles. The van der Waals surface area contributed by atoms with Crippen LogP contribution in [0.25, 0.3) is 0 Å². The SMILES string of the molecule is C[C@H]1CCN1c1nc(N2CC3C(CC#N)C3(c3cccnc3)C2)cc(C(F)(F)F)n1. The number of fused-ring (bicyclic) bond motifs is 1. The van der Waals surface area contributed by atoms with Crippen LogP contribution in [-0.2, 0) is 11.6 Å². The summed E-state index contributed by atoms with van der Waals surface area (Å²) in [6.45, 7) is 3.72. The minimum Gasteiger partial charge on any atom is -0.355 e. The number of anilines is 2. The lowest BCUT2D eigenvalue weighted by molar-refractivity contribution is -0.141. The molecule has 2 aliphatic heterocycles. The Hall–Kier alpha value is -2.89. The summed E-state index contributed by atoms with van der Waals surface area (Å²) in [5.74, 6) is 0.847. The molecule has 3 aliphatic rings.